The van der Waals surface area contributed by atoms with Gasteiger partial charge < -0.3 is 16.4 Å². The number of amides is 2. The van der Waals surface area contributed by atoms with E-state index in [0.29, 0.717) is 24.6 Å². The van der Waals surface area contributed by atoms with Gasteiger partial charge in [0.2, 0.25) is 5.91 Å². The fourth-order valence-electron chi connectivity index (χ4n) is 4.06. The first-order valence-electron chi connectivity index (χ1n) is 9.55. The van der Waals surface area contributed by atoms with Crippen molar-refractivity contribution < 1.29 is 9.59 Å². The Hall–Kier alpha value is -1.88. The van der Waals surface area contributed by atoms with E-state index in [1.54, 1.807) is 0 Å². The summed E-state index contributed by atoms with van der Waals surface area (Å²) in [6.45, 7) is 1.15. The number of carbonyl (C=O) groups excluding carboxylic acids is 2. The molecule has 0 heterocycles. The van der Waals surface area contributed by atoms with Crippen LogP contribution in [0.4, 0.5) is 0 Å². The molecule has 1 aromatic carbocycles. The molecule has 0 saturated heterocycles. The van der Waals surface area contributed by atoms with Gasteiger partial charge in [0.05, 0.1) is 0 Å². The molecule has 5 nitrogen and oxygen atoms in total. The van der Waals surface area contributed by atoms with Gasteiger partial charge in [-0.2, -0.15) is 0 Å². The maximum atomic E-state index is 12.4. The average molecular weight is 343 g/mol. The maximum absolute atomic E-state index is 12.4. The van der Waals surface area contributed by atoms with E-state index in [4.69, 9.17) is 5.73 Å². The van der Waals surface area contributed by atoms with Crippen molar-refractivity contribution in [3.8, 4) is 0 Å². The van der Waals surface area contributed by atoms with Crippen molar-refractivity contribution >= 4 is 11.8 Å². The van der Waals surface area contributed by atoms with E-state index in [9.17, 15) is 9.59 Å². The molecule has 0 radical (unpaired) electrons. The number of rotatable bonds is 6. The molecule has 4 N–H and O–H groups in total. The zero-order chi connectivity index (χ0) is 17.6. The van der Waals surface area contributed by atoms with Crippen LogP contribution in [0.25, 0.3) is 0 Å². The molecule has 2 aliphatic carbocycles. The summed E-state index contributed by atoms with van der Waals surface area (Å²) in [7, 11) is 0. The first-order chi connectivity index (χ1) is 12.2. The Kier molecular flexibility index (Phi) is 6.08. The SMILES string of the molecule is NCC1CCCC1NC(=O)c1ccc(CNC(=O)C2CCCC2)cc1. The molecule has 0 aromatic heterocycles. The molecule has 25 heavy (non-hydrogen) atoms. The quantitative estimate of drug-likeness (QED) is 0.741. The first kappa shape index (κ1) is 17.9. The van der Waals surface area contributed by atoms with E-state index in [2.05, 4.69) is 10.6 Å². The minimum Gasteiger partial charge on any atom is -0.352 e. The normalized spacial score (nSPS) is 23.6. The van der Waals surface area contributed by atoms with Gasteiger partial charge in [-0.1, -0.05) is 31.4 Å². The predicted molar refractivity (Wildman–Crippen MR) is 97.9 cm³/mol. The largest absolute Gasteiger partial charge is 0.352 e. The molecule has 0 bridgehead atoms. The molecule has 0 aliphatic heterocycles. The Bertz CT molecular complexity index is 593. The number of nitrogens with one attached hydrogen (secondary N) is 2. The van der Waals surface area contributed by atoms with Crippen molar-refractivity contribution in [3.05, 3.63) is 35.4 Å². The van der Waals surface area contributed by atoms with E-state index in [1.165, 1.54) is 0 Å². The van der Waals surface area contributed by atoms with Crippen molar-refractivity contribution in [1.29, 1.82) is 0 Å². The lowest BCUT2D eigenvalue weighted by molar-refractivity contribution is -0.124. The van der Waals surface area contributed by atoms with Crippen molar-refractivity contribution in [2.45, 2.75) is 57.5 Å². The molecule has 2 unspecified atom stereocenters. The van der Waals surface area contributed by atoms with Crippen molar-refractivity contribution in [1.82, 2.24) is 10.6 Å². The molecule has 2 fully saturated rings. The highest BCUT2D eigenvalue weighted by Gasteiger charge is 2.27. The van der Waals surface area contributed by atoms with Crippen molar-refractivity contribution in [2.24, 2.45) is 17.6 Å². The van der Waals surface area contributed by atoms with Crippen LogP contribution in [0.15, 0.2) is 24.3 Å². The maximum Gasteiger partial charge on any atom is 0.251 e. The highest BCUT2D eigenvalue weighted by Crippen LogP contribution is 2.25. The number of hydrogen-bond donors (Lipinski definition) is 3. The van der Waals surface area contributed by atoms with E-state index in [0.717, 1.165) is 50.5 Å². The zero-order valence-electron chi connectivity index (χ0n) is 14.8. The number of hydrogen-bond acceptors (Lipinski definition) is 3. The standard InChI is InChI=1S/C20H29N3O2/c21-12-17-6-3-7-18(17)23-20(25)16-10-8-14(9-11-16)13-22-19(24)15-4-1-2-5-15/h8-11,15,17-18H,1-7,12-13,21H2,(H,22,24)(H,23,25). The summed E-state index contributed by atoms with van der Waals surface area (Å²) < 4.78 is 0. The summed E-state index contributed by atoms with van der Waals surface area (Å²) >= 11 is 0. The van der Waals surface area contributed by atoms with Crippen LogP contribution in [0, 0.1) is 11.8 Å². The lowest BCUT2D eigenvalue weighted by atomic mass is 10.0. The topological polar surface area (TPSA) is 84.2 Å². The Morgan fingerprint density at radius 3 is 2.40 bits per heavy atom. The van der Waals surface area contributed by atoms with E-state index >= 15 is 0 Å². The molecule has 136 valence electrons. The third kappa shape index (κ3) is 4.60. The van der Waals surface area contributed by atoms with Crippen LogP contribution in [0.2, 0.25) is 0 Å². The highest BCUT2D eigenvalue weighted by atomic mass is 16.2. The summed E-state index contributed by atoms with van der Waals surface area (Å²) in [6.07, 6.45) is 7.58. The van der Waals surface area contributed by atoms with Gasteiger partial charge in [0.15, 0.2) is 0 Å². The van der Waals surface area contributed by atoms with Crippen molar-refractivity contribution in [2.75, 3.05) is 6.54 Å². The molecule has 0 spiro atoms. The van der Waals surface area contributed by atoms with Gasteiger partial charge in [0.25, 0.3) is 5.91 Å². The average Bonchev–Trinajstić information content (AvgIpc) is 3.31. The third-order valence-electron chi connectivity index (χ3n) is 5.69. The van der Waals surface area contributed by atoms with Gasteiger partial charge in [-0.25, -0.2) is 0 Å². The summed E-state index contributed by atoms with van der Waals surface area (Å²) in [4.78, 5) is 24.5. The lowest BCUT2D eigenvalue weighted by Gasteiger charge is -2.19. The van der Waals surface area contributed by atoms with Crippen LogP contribution in [0.5, 0.6) is 0 Å². The van der Waals surface area contributed by atoms with Crippen molar-refractivity contribution in [3.63, 3.8) is 0 Å². The van der Waals surface area contributed by atoms with E-state index in [-0.39, 0.29) is 23.8 Å². The Morgan fingerprint density at radius 1 is 1.00 bits per heavy atom. The summed E-state index contributed by atoms with van der Waals surface area (Å²) in [5.41, 5.74) is 7.45. The monoisotopic (exact) mass is 343 g/mol. The third-order valence-corrected chi connectivity index (χ3v) is 5.69. The van der Waals surface area contributed by atoms with Gasteiger partial charge in [-0.15, -0.1) is 0 Å². The van der Waals surface area contributed by atoms with Gasteiger partial charge in [-0.3, -0.25) is 9.59 Å². The molecule has 5 heteroatoms. The molecule has 2 saturated carbocycles. The Morgan fingerprint density at radius 2 is 1.72 bits per heavy atom. The molecule has 1 aromatic rings. The summed E-state index contributed by atoms with van der Waals surface area (Å²) in [5.74, 6) is 0.709. The van der Waals surface area contributed by atoms with Crippen LogP contribution in [0.1, 0.15) is 60.9 Å². The number of benzene rings is 1. The van der Waals surface area contributed by atoms with Gasteiger partial charge >= 0.3 is 0 Å². The predicted octanol–water partition coefficient (Wildman–Crippen LogP) is 2.35. The van der Waals surface area contributed by atoms with Crippen LogP contribution in [-0.2, 0) is 11.3 Å². The van der Waals surface area contributed by atoms with E-state index < -0.39 is 0 Å². The van der Waals surface area contributed by atoms with Crippen LogP contribution in [0.3, 0.4) is 0 Å². The molecular weight excluding hydrogens is 314 g/mol. The lowest BCUT2D eigenvalue weighted by Crippen LogP contribution is -2.39. The fraction of sp³-hybridized carbons (Fsp3) is 0.600. The highest BCUT2D eigenvalue weighted by molar-refractivity contribution is 5.94. The zero-order valence-corrected chi connectivity index (χ0v) is 14.8. The van der Waals surface area contributed by atoms with Gasteiger partial charge in [-0.05, 0) is 55.8 Å². The smallest absolute Gasteiger partial charge is 0.251 e. The second kappa shape index (κ2) is 8.48. The molecule has 3 rings (SSSR count). The molecule has 2 aliphatic rings. The van der Waals surface area contributed by atoms with Crippen LogP contribution < -0.4 is 16.4 Å². The number of nitrogens with two attached hydrogens (primary N) is 1. The Labute approximate surface area is 149 Å². The van der Waals surface area contributed by atoms with Crippen LogP contribution in [-0.4, -0.2) is 24.4 Å². The van der Waals surface area contributed by atoms with E-state index in [1.807, 2.05) is 24.3 Å². The first-order valence-corrected chi connectivity index (χ1v) is 9.55. The van der Waals surface area contributed by atoms with Crippen LogP contribution >= 0.6 is 0 Å². The minimum atomic E-state index is -0.0353. The number of carbonyl (C=O) groups is 2. The second-order valence-corrected chi connectivity index (χ2v) is 7.40. The van der Waals surface area contributed by atoms with Gasteiger partial charge in [0, 0.05) is 24.1 Å². The summed E-state index contributed by atoms with van der Waals surface area (Å²) in [6, 6.07) is 7.69. The Balaban J connectivity index is 1.49. The fourth-order valence-corrected chi connectivity index (χ4v) is 4.06. The second-order valence-electron chi connectivity index (χ2n) is 7.40. The molecule has 2 atom stereocenters. The van der Waals surface area contributed by atoms with Gasteiger partial charge in [0.1, 0.15) is 0 Å². The molecular formula is C20H29N3O2. The summed E-state index contributed by atoms with van der Waals surface area (Å²) in [5, 5.41) is 6.12. The molecule has 2 amide bonds. The minimum absolute atomic E-state index is 0.0353.